The standard InChI is InChI=1S/C15H26N2O4/c1-2-6-16-13-10-21-9-12(13)15(20)17-7-5-11(8-17)3-4-14(18)19/h11-13,16H,2-10H2,1H3,(H,18,19). The largest absolute Gasteiger partial charge is 0.481 e. The number of rotatable bonds is 7. The highest BCUT2D eigenvalue weighted by atomic mass is 16.5. The number of aliphatic carboxylic acids is 1. The average Bonchev–Trinajstić information content (AvgIpc) is 3.11. The summed E-state index contributed by atoms with van der Waals surface area (Å²) in [4.78, 5) is 25.1. The van der Waals surface area contributed by atoms with Crippen LogP contribution in [0.15, 0.2) is 0 Å². The fraction of sp³-hybridized carbons (Fsp3) is 0.867. The number of hydrogen-bond donors (Lipinski definition) is 2. The molecule has 3 atom stereocenters. The fourth-order valence-electron chi connectivity index (χ4n) is 3.16. The lowest BCUT2D eigenvalue weighted by atomic mass is 10.0. The summed E-state index contributed by atoms with van der Waals surface area (Å²) in [6.07, 6.45) is 2.82. The molecule has 21 heavy (non-hydrogen) atoms. The Morgan fingerprint density at radius 3 is 2.90 bits per heavy atom. The predicted molar refractivity (Wildman–Crippen MR) is 77.9 cm³/mol. The van der Waals surface area contributed by atoms with Crippen LogP contribution in [0.5, 0.6) is 0 Å². The quantitative estimate of drug-likeness (QED) is 0.724. The number of carboxylic acids is 1. The van der Waals surface area contributed by atoms with Gasteiger partial charge in [-0.2, -0.15) is 0 Å². The lowest BCUT2D eigenvalue weighted by Gasteiger charge is -2.24. The minimum Gasteiger partial charge on any atom is -0.481 e. The second-order valence-corrected chi connectivity index (χ2v) is 6.08. The van der Waals surface area contributed by atoms with Crippen molar-refractivity contribution in [3.63, 3.8) is 0 Å². The number of carboxylic acid groups (broad SMARTS) is 1. The SMILES string of the molecule is CCCNC1COCC1C(=O)N1CCC(CCC(=O)O)C1. The number of carbonyl (C=O) groups is 2. The van der Waals surface area contributed by atoms with E-state index in [2.05, 4.69) is 12.2 Å². The molecule has 2 aliphatic heterocycles. The van der Waals surface area contributed by atoms with E-state index >= 15 is 0 Å². The molecule has 0 aliphatic carbocycles. The van der Waals surface area contributed by atoms with Crippen LogP contribution >= 0.6 is 0 Å². The minimum absolute atomic E-state index is 0.0882. The molecule has 0 aromatic carbocycles. The summed E-state index contributed by atoms with van der Waals surface area (Å²) >= 11 is 0. The van der Waals surface area contributed by atoms with Gasteiger partial charge in [-0.15, -0.1) is 0 Å². The number of nitrogens with one attached hydrogen (secondary N) is 1. The van der Waals surface area contributed by atoms with Crippen molar-refractivity contribution in [1.29, 1.82) is 0 Å². The van der Waals surface area contributed by atoms with Gasteiger partial charge in [0.15, 0.2) is 0 Å². The van der Waals surface area contributed by atoms with Crippen molar-refractivity contribution in [1.82, 2.24) is 10.2 Å². The van der Waals surface area contributed by atoms with Gasteiger partial charge in [0.05, 0.1) is 19.1 Å². The van der Waals surface area contributed by atoms with E-state index in [0.29, 0.717) is 32.1 Å². The van der Waals surface area contributed by atoms with E-state index in [1.165, 1.54) is 0 Å². The predicted octanol–water partition coefficient (Wildman–Crippen LogP) is 0.714. The Bertz CT molecular complexity index is 375. The van der Waals surface area contributed by atoms with Crippen LogP contribution in [-0.4, -0.2) is 60.8 Å². The Labute approximate surface area is 125 Å². The van der Waals surface area contributed by atoms with E-state index < -0.39 is 5.97 Å². The van der Waals surface area contributed by atoms with Crippen LogP contribution in [-0.2, 0) is 14.3 Å². The maximum atomic E-state index is 12.6. The van der Waals surface area contributed by atoms with Gasteiger partial charge in [-0.3, -0.25) is 9.59 Å². The highest BCUT2D eigenvalue weighted by Crippen LogP contribution is 2.25. The summed E-state index contributed by atoms with van der Waals surface area (Å²) in [6.45, 7) is 5.55. The third-order valence-corrected chi connectivity index (χ3v) is 4.42. The first-order valence-corrected chi connectivity index (χ1v) is 7.93. The Morgan fingerprint density at radius 1 is 1.38 bits per heavy atom. The zero-order valence-corrected chi connectivity index (χ0v) is 12.7. The summed E-state index contributed by atoms with van der Waals surface area (Å²) in [5, 5.41) is 12.1. The molecule has 6 nitrogen and oxygen atoms in total. The van der Waals surface area contributed by atoms with E-state index in [9.17, 15) is 9.59 Å². The Balaban J connectivity index is 1.81. The average molecular weight is 298 g/mol. The first kappa shape index (κ1) is 16.2. The van der Waals surface area contributed by atoms with Crippen molar-refractivity contribution in [2.45, 2.75) is 38.6 Å². The number of carbonyl (C=O) groups excluding carboxylic acids is 1. The molecule has 0 spiro atoms. The monoisotopic (exact) mass is 298 g/mol. The van der Waals surface area contributed by atoms with Gasteiger partial charge in [-0.25, -0.2) is 0 Å². The van der Waals surface area contributed by atoms with Gasteiger partial charge in [0, 0.05) is 25.6 Å². The van der Waals surface area contributed by atoms with E-state index in [4.69, 9.17) is 9.84 Å². The first-order chi connectivity index (χ1) is 10.1. The summed E-state index contributed by atoms with van der Waals surface area (Å²) in [7, 11) is 0. The highest BCUT2D eigenvalue weighted by Gasteiger charge is 2.38. The van der Waals surface area contributed by atoms with Crippen molar-refractivity contribution in [3.8, 4) is 0 Å². The van der Waals surface area contributed by atoms with Crippen LogP contribution in [0.3, 0.4) is 0 Å². The molecule has 0 bridgehead atoms. The molecule has 2 N–H and O–H groups in total. The van der Waals surface area contributed by atoms with Gasteiger partial charge in [0.1, 0.15) is 0 Å². The molecule has 0 radical (unpaired) electrons. The van der Waals surface area contributed by atoms with Gasteiger partial charge in [-0.1, -0.05) is 6.92 Å². The number of likely N-dealkylation sites (tertiary alicyclic amines) is 1. The summed E-state index contributed by atoms with van der Waals surface area (Å²) in [5.74, 6) is -0.351. The molecule has 0 aromatic heterocycles. The summed E-state index contributed by atoms with van der Waals surface area (Å²) in [6, 6.07) is 0.121. The lowest BCUT2D eigenvalue weighted by molar-refractivity contribution is -0.137. The molecule has 2 fully saturated rings. The molecular weight excluding hydrogens is 272 g/mol. The minimum atomic E-state index is -0.757. The van der Waals surface area contributed by atoms with Gasteiger partial charge < -0.3 is 20.1 Å². The second kappa shape index (κ2) is 7.75. The third kappa shape index (κ3) is 4.41. The first-order valence-electron chi connectivity index (χ1n) is 7.93. The molecule has 2 heterocycles. The topological polar surface area (TPSA) is 78.9 Å². The maximum Gasteiger partial charge on any atom is 0.303 e. The van der Waals surface area contributed by atoms with Crippen molar-refractivity contribution < 1.29 is 19.4 Å². The summed E-state index contributed by atoms with van der Waals surface area (Å²) in [5.41, 5.74) is 0. The van der Waals surface area contributed by atoms with Gasteiger partial charge in [0.25, 0.3) is 0 Å². The molecule has 2 aliphatic rings. The van der Waals surface area contributed by atoms with E-state index in [-0.39, 0.29) is 24.3 Å². The van der Waals surface area contributed by atoms with Crippen molar-refractivity contribution in [2.75, 3.05) is 32.8 Å². The number of hydrogen-bond acceptors (Lipinski definition) is 4. The zero-order valence-electron chi connectivity index (χ0n) is 12.7. The Kier molecular flexibility index (Phi) is 5.99. The summed E-state index contributed by atoms with van der Waals surface area (Å²) < 4.78 is 5.47. The molecule has 0 saturated carbocycles. The number of nitrogens with zero attached hydrogens (tertiary/aromatic N) is 1. The molecule has 2 saturated heterocycles. The highest BCUT2D eigenvalue weighted by molar-refractivity contribution is 5.80. The van der Waals surface area contributed by atoms with Crippen molar-refractivity contribution in [2.24, 2.45) is 11.8 Å². The van der Waals surface area contributed by atoms with Crippen LogP contribution in [0.2, 0.25) is 0 Å². The zero-order chi connectivity index (χ0) is 15.2. The van der Waals surface area contributed by atoms with Crippen LogP contribution < -0.4 is 5.32 Å². The van der Waals surface area contributed by atoms with Crippen LogP contribution in [0.1, 0.15) is 32.6 Å². The van der Waals surface area contributed by atoms with E-state index in [1.54, 1.807) is 0 Å². The molecule has 3 unspecified atom stereocenters. The second-order valence-electron chi connectivity index (χ2n) is 6.08. The van der Waals surface area contributed by atoms with Gasteiger partial charge in [-0.05, 0) is 31.7 Å². The normalized spacial score (nSPS) is 29.0. The van der Waals surface area contributed by atoms with Crippen LogP contribution in [0.4, 0.5) is 0 Å². The molecule has 6 heteroatoms. The smallest absolute Gasteiger partial charge is 0.303 e. The number of amides is 1. The maximum absolute atomic E-state index is 12.6. The van der Waals surface area contributed by atoms with Crippen LogP contribution in [0, 0.1) is 11.8 Å². The van der Waals surface area contributed by atoms with Crippen molar-refractivity contribution >= 4 is 11.9 Å². The van der Waals surface area contributed by atoms with E-state index in [1.807, 2.05) is 4.90 Å². The molecule has 1 amide bonds. The fourth-order valence-corrected chi connectivity index (χ4v) is 3.16. The number of ether oxygens (including phenoxy) is 1. The Hall–Kier alpha value is -1.14. The molecule has 120 valence electrons. The molecule has 0 aromatic rings. The van der Waals surface area contributed by atoms with Gasteiger partial charge in [0.2, 0.25) is 5.91 Å². The Morgan fingerprint density at radius 2 is 2.19 bits per heavy atom. The molecular formula is C15H26N2O4. The van der Waals surface area contributed by atoms with Gasteiger partial charge >= 0.3 is 5.97 Å². The third-order valence-electron chi connectivity index (χ3n) is 4.42. The lowest BCUT2D eigenvalue weighted by Crippen LogP contribution is -2.45. The molecule has 2 rings (SSSR count). The van der Waals surface area contributed by atoms with Crippen LogP contribution in [0.25, 0.3) is 0 Å². The van der Waals surface area contributed by atoms with E-state index in [0.717, 1.165) is 25.9 Å². The van der Waals surface area contributed by atoms with Crippen molar-refractivity contribution in [3.05, 3.63) is 0 Å².